The van der Waals surface area contributed by atoms with Crippen LogP contribution >= 0.6 is 0 Å². The highest BCUT2D eigenvalue weighted by atomic mass is 19.3. The predicted molar refractivity (Wildman–Crippen MR) is 96.2 cm³/mol. The zero-order valence-electron chi connectivity index (χ0n) is 14.8. The maximum atomic E-state index is 12.4. The summed E-state index contributed by atoms with van der Waals surface area (Å²) in [6, 6.07) is 9.24. The molecule has 3 heterocycles. The molecule has 0 spiro atoms. The van der Waals surface area contributed by atoms with Crippen molar-refractivity contribution in [2.24, 2.45) is 0 Å². The first kappa shape index (κ1) is 18.1. The Morgan fingerprint density at radius 3 is 2.54 bits per heavy atom. The van der Waals surface area contributed by atoms with Crippen LogP contribution in [0.1, 0.15) is 12.8 Å². The van der Waals surface area contributed by atoms with Gasteiger partial charge in [0.1, 0.15) is 12.3 Å². The maximum absolute atomic E-state index is 12.4. The van der Waals surface area contributed by atoms with Gasteiger partial charge in [-0.2, -0.15) is 8.78 Å². The molecule has 1 amide bonds. The molecule has 0 aliphatic carbocycles. The molecule has 4 rings (SSSR count). The van der Waals surface area contributed by atoms with Gasteiger partial charge in [0, 0.05) is 18.7 Å². The third-order valence-corrected chi connectivity index (χ3v) is 4.64. The number of hydrogen-bond donors (Lipinski definition) is 0. The summed E-state index contributed by atoms with van der Waals surface area (Å²) >= 11 is 0. The van der Waals surface area contributed by atoms with Gasteiger partial charge in [-0.1, -0.05) is 0 Å². The first-order valence-electron chi connectivity index (χ1n) is 8.85. The van der Waals surface area contributed by atoms with Gasteiger partial charge in [0.15, 0.2) is 11.2 Å². The molecule has 1 fully saturated rings. The van der Waals surface area contributed by atoms with Crippen LogP contribution in [0, 0.1) is 0 Å². The van der Waals surface area contributed by atoms with E-state index in [1.54, 1.807) is 29.2 Å². The summed E-state index contributed by atoms with van der Waals surface area (Å²) in [4.78, 5) is 30.8. The van der Waals surface area contributed by atoms with E-state index < -0.39 is 12.4 Å². The average Bonchev–Trinajstić information content (AvgIpc) is 3.30. The van der Waals surface area contributed by atoms with Gasteiger partial charge in [-0.25, -0.2) is 14.3 Å². The first-order valence-corrected chi connectivity index (χ1v) is 8.85. The van der Waals surface area contributed by atoms with E-state index in [-0.39, 0.29) is 29.4 Å². The smallest absolute Gasteiger partial charge is 0.421 e. The Labute approximate surface area is 158 Å². The van der Waals surface area contributed by atoms with E-state index in [2.05, 4.69) is 9.72 Å². The van der Waals surface area contributed by atoms with Crippen molar-refractivity contribution < 1.29 is 22.7 Å². The van der Waals surface area contributed by atoms with Crippen LogP contribution < -0.4 is 10.5 Å². The van der Waals surface area contributed by atoms with Crippen molar-refractivity contribution in [2.45, 2.75) is 26.0 Å². The van der Waals surface area contributed by atoms with Crippen LogP contribution in [0.5, 0.6) is 5.75 Å². The van der Waals surface area contributed by atoms with E-state index in [9.17, 15) is 18.4 Å². The number of benzene rings is 1. The van der Waals surface area contributed by atoms with E-state index in [0.29, 0.717) is 24.3 Å². The number of likely N-dealkylation sites (tertiary alicyclic amines) is 1. The van der Waals surface area contributed by atoms with Crippen molar-refractivity contribution >= 4 is 17.1 Å². The second-order valence-corrected chi connectivity index (χ2v) is 6.46. The van der Waals surface area contributed by atoms with E-state index in [1.165, 1.54) is 16.7 Å². The van der Waals surface area contributed by atoms with Crippen LogP contribution in [0.4, 0.5) is 8.78 Å². The monoisotopic (exact) mass is 389 g/mol. The minimum Gasteiger partial charge on any atom is -0.435 e. The van der Waals surface area contributed by atoms with Gasteiger partial charge < -0.3 is 14.1 Å². The highest BCUT2D eigenvalue weighted by Gasteiger charge is 2.21. The first-order chi connectivity index (χ1) is 13.5. The normalized spacial score (nSPS) is 14.2. The Hall–Kier alpha value is -3.23. The summed E-state index contributed by atoms with van der Waals surface area (Å²) in [7, 11) is 0. The second kappa shape index (κ2) is 7.41. The van der Waals surface area contributed by atoms with Gasteiger partial charge in [-0.3, -0.25) is 4.79 Å². The number of ether oxygens (including phenoxy) is 1. The molecule has 0 atom stereocenters. The molecule has 1 aliphatic rings. The predicted octanol–water partition coefficient (Wildman–Crippen LogP) is 2.88. The SMILES string of the molecule is O=C(Cn1c(=O)oc2ccc(-c3ccc(OC(F)F)cc3)nc21)N1CCCC1. The molecule has 2 aromatic heterocycles. The molecule has 146 valence electrons. The Kier molecular flexibility index (Phi) is 4.81. The lowest BCUT2D eigenvalue weighted by atomic mass is 10.1. The molecule has 0 bridgehead atoms. The quantitative estimate of drug-likeness (QED) is 0.671. The molecule has 9 heteroatoms. The van der Waals surface area contributed by atoms with Crippen LogP contribution in [0.3, 0.4) is 0 Å². The topological polar surface area (TPSA) is 77.6 Å². The second-order valence-electron chi connectivity index (χ2n) is 6.46. The fourth-order valence-corrected chi connectivity index (χ4v) is 3.25. The number of amides is 1. The van der Waals surface area contributed by atoms with Gasteiger partial charge in [-0.05, 0) is 49.2 Å². The molecule has 0 radical (unpaired) electrons. The Morgan fingerprint density at radius 1 is 1.14 bits per heavy atom. The van der Waals surface area contributed by atoms with Crippen molar-refractivity contribution in [3.63, 3.8) is 0 Å². The lowest BCUT2D eigenvalue weighted by Crippen LogP contribution is -2.33. The summed E-state index contributed by atoms with van der Waals surface area (Å²) in [6.45, 7) is -1.65. The molecule has 1 saturated heterocycles. The van der Waals surface area contributed by atoms with E-state index in [0.717, 1.165) is 12.8 Å². The number of oxazole rings is 1. The molecule has 0 N–H and O–H groups in total. The van der Waals surface area contributed by atoms with Crippen molar-refractivity contribution in [1.82, 2.24) is 14.5 Å². The fourth-order valence-electron chi connectivity index (χ4n) is 3.25. The Bertz CT molecular complexity index is 1050. The summed E-state index contributed by atoms with van der Waals surface area (Å²) in [5.41, 5.74) is 1.71. The Balaban J connectivity index is 1.64. The van der Waals surface area contributed by atoms with E-state index >= 15 is 0 Å². The van der Waals surface area contributed by atoms with Crippen molar-refractivity contribution in [3.8, 4) is 17.0 Å². The highest BCUT2D eigenvalue weighted by molar-refractivity contribution is 5.79. The fraction of sp³-hybridized carbons (Fsp3) is 0.316. The number of aromatic nitrogens is 2. The summed E-state index contributed by atoms with van der Waals surface area (Å²) in [5.74, 6) is -0.757. The number of fused-ring (bicyclic) bond motifs is 1. The number of halogens is 2. The maximum Gasteiger partial charge on any atom is 0.421 e. The van der Waals surface area contributed by atoms with Crippen molar-refractivity contribution in [1.29, 1.82) is 0 Å². The van der Waals surface area contributed by atoms with Gasteiger partial charge in [0.2, 0.25) is 5.91 Å². The van der Waals surface area contributed by atoms with Gasteiger partial charge in [-0.15, -0.1) is 0 Å². The molecule has 0 unspecified atom stereocenters. The average molecular weight is 389 g/mol. The molecule has 28 heavy (non-hydrogen) atoms. The number of carbonyl (C=O) groups excluding carboxylic acids is 1. The van der Waals surface area contributed by atoms with E-state index in [4.69, 9.17) is 4.42 Å². The molecular weight excluding hydrogens is 372 g/mol. The number of carbonyl (C=O) groups is 1. The van der Waals surface area contributed by atoms with Crippen LogP contribution in [-0.2, 0) is 11.3 Å². The zero-order valence-corrected chi connectivity index (χ0v) is 14.8. The highest BCUT2D eigenvalue weighted by Crippen LogP contribution is 2.24. The van der Waals surface area contributed by atoms with Gasteiger partial charge >= 0.3 is 12.4 Å². The van der Waals surface area contributed by atoms with Crippen LogP contribution in [-0.4, -0.2) is 40.1 Å². The van der Waals surface area contributed by atoms with Crippen LogP contribution in [0.2, 0.25) is 0 Å². The van der Waals surface area contributed by atoms with E-state index in [1.807, 2.05) is 0 Å². The molecular formula is C19H17F2N3O4. The molecule has 3 aromatic rings. The third kappa shape index (κ3) is 3.60. The lowest BCUT2D eigenvalue weighted by Gasteiger charge is -2.14. The number of pyridine rings is 1. The largest absolute Gasteiger partial charge is 0.435 e. The van der Waals surface area contributed by atoms with Gasteiger partial charge in [0.05, 0.1) is 5.69 Å². The third-order valence-electron chi connectivity index (χ3n) is 4.64. The minimum atomic E-state index is -2.89. The Morgan fingerprint density at radius 2 is 1.86 bits per heavy atom. The minimum absolute atomic E-state index is 0.0382. The standard InChI is InChI=1S/C19H17F2N3O4/c20-18(21)27-13-5-3-12(4-6-13)14-7-8-15-17(22-14)24(19(26)28-15)11-16(25)23-9-1-2-10-23/h3-8,18H,1-2,9-11H2. The number of alkyl halides is 2. The lowest BCUT2D eigenvalue weighted by molar-refractivity contribution is -0.130. The van der Waals surface area contributed by atoms with Crippen molar-refractivity contribution in [2.75, 3.05) is 13.1 Å². The molecule has 7 nitrogen and oxygen atoms in total. The molecule has 1 aliphatic heterocycles. The summed E-state index contributed by atoms with van der Waals surface area (Å²) < 4.78 is 35.3. The zero-order chi connectivity index (χ0) is 19.7. The number of hydrogen-bond acceptors (Lipinski definition) is 5. The number of nitrogens with zero attached hydrogens (tertiary/aromatic N) is 3. The molecule has 0 saturated carbocycles. The van der Waals surface area contributed by atoms with Gasteiger partial charge in [0.25, 0.3) is 0 Å². The molecule has 1 aromatic carbocycles. The number of rotatable bonds is 5. The summed E-state index contributed by atoms with van der Waals surface area (Å²) in [5, 5.41) is 0. The van der Waals surface area contributed by atoms with Crippen LogP contribution in [0.15, 0.2) is 45.6 Å². The summed E-state index contributed by atoms with van der Waals surface area (Å²) in [6.07, 6.45) is 1.92. The van der Waals surface area contributed by atoms with Crippen LogP contribution in [0.25, 0.3) is 22.5 Å². The van der Waals surface area contributed by atoms with Crippen molar-refractivity contribution in [3.05, 3.63) is 46.9 Å².